The quantitative estimate of drug-likeness (QED) is 0.575. The van der Waals surface area contributed by atoms with Crippen molar-refractivity contribution in [2.45, 2.75) is 0 Å². The van der Waals surface area contributed by atoms with Crippen molar-refractivity contribution >= 4 is 22.5 Å². The molecule has 3 rings (SSSR count). The zero-order chi connectivity index (χ0) is 9.54. The minimum Gasteiger partial charge on any atom is -0.397 e. The van der Waals surface area contributed by atoms with E-state index in [1.165, 1.54) is 0 Å². The van der Waals surface area contributed by atoms with Crippen molar-refractivity contribution in [3.63, 3.8) is 0 Å². The van der Waals surface area contributed by atoms with Crippen LogP contribution in [-0.2, 0) is 0 Å². The van der Waals surface area contributed by atoms with E-state index in [0.717, 1.165) is 16.8 Å². The summed E-state index contributed by atoms with van der Waals surface area (Å²) in [6.07, 6.45) is 3.62. The molecular weight excluding hydrogens is 176 g/mol. The van der Waals surface area contributed by atoms with Gasteiger partial charge in [-0.2, -0.15) is 0 Å². The van der Waals surface area contributed by atoms with Crippen molar-refractivity contribution in [1.82, 2.24) is 14.4 Å². The van der Waals surface area contributed by atoms with Crippen LogP contribution in [0.5, 0.6) is 0 Å². The predicted octanol–water partition coefficient (Wildman–Crippen LogP) is 1.46. The Balaban J connectivity index is 2.63. The zero-order valence-electron chi connectivity index (χ0n) is 7.38. The second-order valence-corrected chi connectivity index (χ2v) is 3.11. The molecule has 0 bridgehead atoms. The SMILES string of the molecule is Nc1ccnc2c1nc1ccccn12. The molecule has 3 aromatic heterocycles. The fourth-order valence-electron chi connectivity index (χ4n) is 1.57. The summed E-state index contributed by atoms with van der Waals surface area (Å²) in [7, 11) is 0. The number of rotatable bonds is 0. The first-order valence-electron chi connectivity index (χ1n) is 4.33. The van der Waals surface area contributed by atoms with Gasteiger partial charge in [0.05, 0.1) is 5.69 Å². The topological polar surface area (TPSA) is 56.2 Å². The molecule has 0 aromatic carbocycles. The third-order valence-corrected chi connectivity index (χ3v) is 2.23. The number of nitrogens with zero attached hydrogens (tertiary/aromatic N) is 3. The van der Waals surface area contributed by atoms with Gasteiger partial charge in [-0.25, -0.2) is 9.97 Å². The van der Waals surface area contributed by atoms with Gasteiger partial charge >= 0.3 is 0 Å². The monoisotopic (exact) mass is 184 g/mol. The third kappa shape index (κ3) is 0.821. The molecule has 0 radical (unpaired) electrons. The molecule has 0 saturated heterocycles. The molecule has 0 spiro atoms. The number of anilines is 1. The molecule has 0 atom stereocenters. The van der Waals surface area contributed by atoms with Gasteiger partial charge in [-0.15, -0.1) is 0 Å². The number of pyridine rings is 2. The summed E-state index contributed by atoms with van der Waals surface area (Å²) < 4.78 is 1.92. The Labute approximate surface area is 80.0 Å². The summed E-state index contributed by atoms with van der Waals surface area (Å²) in [5.74, 6) is 0. The Hall–Kier alpha value is -2.10. The molecule has 0 unspecified atom stereocenters. The highest BCUT2D eigenvalue weighted by atomic mass is 15.1. The highest BCUT2D eigenvalue weighted by molar-refractivity contribution is 5.87. The van der Waals surface area contributed by atoms with Crippen LogP contribution in [0.1, 0.15) is 0 Å². The Bertz CT molecular complexity index is 612. The number of hydrogen-bond donors (Lipinski definition) is 1. The van der Waals surface area contributed by atoms with Gasteiger partial charge in [-0.1, -0.05) is 6.07 Å². The van der Waals surface area contributed by atoms with Crippen LogP contribution in [0, 0.1) is 0 Å². The van der Waals surface area contributed by atoms with Crippen molar-refractivity contribution in [2.75, 3.05) is 5.73 Å². The van der Waals surface area contributed by atoms with Gasteiger partial charge < -0.3 is 5.73 Å². The smallest absolute Gasteiger partial charge is 0.166 e. The van der Waals surface area contributed by atoms with Crippen molar-refractivity contribution in [2.24, 2.45) is 0 Å². The van der Waals surface area contributed by atoms with Crippen LogP contribution >= 0.6 is 0 Å². The predicted molar refractivity (Wildman–Crippen MR) is 54.9 cm³/mol. The molecule has 3 aromatic rings. The lowest BCUT2D eigenvalue weighted by Gasteiger charge is -1.93. The fourth-order valence-corrected chi connectivity index (χ4v) is 1.57. The molecule has 0 saturated carbocycles. The van der Waals surface area contributed by atoms with Gasteiger partial charge in [0.2, 0.25) is 0 Å². The van der Waals surface area contributed by atoms with E-state index in [-0.39, 0.29) is 0 Å². The second-order valence-electron chi connectivity index (χ2n) is 3.11. The molecule has 4 heteroatoms. The van der Waals surface area contributed by atoms with E-state index in [1.54, 1.807) is 12.3 Å². The number of nitrogen functional groups attached to an aromatic ring is 1. The molecule has 0 aliphatic rings. The normalized spacial score (nSPS) is 11.1. The largest absolute Gasteiger partial charge is 0.397 e. The Morgan fingerprint density at radius 2 is 2.14 bits per heavy atom. The van der Waals surface area contributed by atoms with Gasteiger partial charge in [0.25, 0.3) is 0 Å². The first kappa shape index (κ1) is 7.32. The highest BCUT2D eigenvalue weighted by Crippen LogP contribution is 2.18. The van der Waals surface area contributed by atoms with Crippen LogP contribution < -0.4 is 5.73 Å². The molecule has 0 aliphatic heterocycles. The molecule has 3 heterocycles. The molecule has 2 N–H and O–H groups in total. The number of hydrogen-bond acceptors (Lipinski definition) is 3. The van der Waals surface area contributed by atoms with Crippen LogP contribution in [0.4, 0.5) is 5.69 Å². The second kappa shape index (κ2) is 2.45. The average Bonchev–Trinajstić information content (AvgIpc) is 2.59. The highest BCUT2D eigenvalue weighted by Gasteiger charge is 2.06. The third-order valence-electron chi connectivity index (χ3n) is 2.23. The van der Waals surface area contributed by atoms with Gasteiger partial charge in [0, 0.05) is 12.4 Å². The lowest BCUT2D eigenvalue weighted by Crippen LogP contribution is -1.88. The summed E-state index contributed by atoms with van der Waals surface area (Å²) in [5.41, 5.74) is 8.91. The first-order valence-corrected chi connectivity index (χ1v) is 4.33. The number of imidazole rings is 1. The van der Waals surface area contributed by atoms with E-state index in [9.17, 15) is 0 Å². The van der Waals surface area contributed by atoms with E-state index in [0.29, 0.717) is 5.69 Å². The summed E-state index contributed by atoms with van der Waals surface area (Å²) in [6.45, 7) is 0. The lowest BCUT2D eigenvalue weighted by molar-refractivity contribution is 1.18. The molecule has 0 amide bonds. The molecular formula is C10H8N4. The van der Waals surface area contributed by atoms with E-state index >= 15 is 0 Å². The van der Waals surface area contributed by atoms with Crippen LogP contribution in [0.3, 0.4) is 0 Å². The van der Waals surface area contributed by atoms with E-state index in [2.05, 4.69) is 9.97 Å². The van der Waals surface area contributed by atoms with Crippen molar-refractivity contribution in [3.8, 4) is 0 Å². The summed E-state index contributed by atoms with van der Waals surface area (Å²) in [4.78, 5) is 8.64. The maximum absolute atomic E-state index is 5.80. The first-order chi connectivity index (χ1) is 6.86. The summed E-state index contributed by atoms with van der Waals surface area (Å²) in [5, 5.41) is 0. The van der Waals surface area contributed by atoms with Gasteiger partial charge in [-0.05, 0) is 18.2 Å². The number of nitrogens with two attached hydrogens (primary N) is 1. The van der Waals surface area contributed by atoms with Crippen molar-refractivity contribution < 1.29 is 0 Å². The van der Waals surface area contributed by atoms with Crippen LogP contribution in [0.25, 0.3) is 16.8 Å². The van der Waals surface area contributed by atoms with Crippen LogP contribution in [0.2, 0.25) is 0 Å². The number of aromatic nitrogens is 3. The maximum atomic E-state index is 5.80. The Morgan fingerprint density at radius 3 is 3.07 bits per heavy atom. The molecule has 14 heavy (non-hydrogen) atoms. The van der Waals surface area contributed by atoms with E-state index in [1.807, 2.05) is 28.8 Å². The van der Waals surface area contributed by atoms with E-state index < -0.39 is 0 Å². The molecule has 0 aliphatic carbocycles. The standard InChI is InChI=1S/C10H8N4/c11-7-4-5-12-10-9(7)13-8-3-1-2-6-14(8)10/h1-6H,(H2,11,12). The Kier molecular flexibility index (Phi) is 1.28. The Morgan fingerprint density at radius 1 is 1.21 bits per heavy atom. The minimum atomic E-state index is 0.665. The van der Waals surface area contributed by atoms with Crippen LogP contribution in [0.15, 0.2) is 36.7 Å². The van der Waals surface area contributed by atoms with Gasteiger partial charge in [-0.3, -0.25) is 4.40 Å². The van der Waals surface area contributed by atoms with Crippen molar-refractivity contribution in [1.29, 1.82) is 0 Å². The minimum absolute atomic E-state index is 0.665. The van der Waals surface area contributed by atoms with Gasteiger partial charge in [0.15, 0.2) is 5.65 Å². The maximum Gasteiger partial charge on any atom is 0.166 e. The van der Waals surface area contributed by atoms with Crippen LogP contribution in [-0.4, -0.2) is 14.4 Å². The average molecular weight is 184 g/mol. The molecule has 4 nitrogen and oxygen atoms in total. The van der Waals surface area contributed by atoms with E-state index in [4.69, 9.17) is 5.73 Å². The zero-order valence-corrected chi connectivity index (χ0v) is 7.38. The summed E-state index contributed by atoms with van der Waals surface area (Å²) >= 11 is 0. The van der Waals surface area contributed by atoms with Gasteiger partial charge in [0.1, 0.15) is 11.2 Å². The molecule has 0 fully saturated rings. The van der Waals surface area contributed by atoms with Crippen molar-refractivity contribution in [3.05, 3.63) is 36.7 Å². The lowest BCUT2D eigenvalue weighted by atomic mass is 10.4. The fraction of sp³-hybridized carbons (Fsp3) is 0. The number of fused-ring (bicyclic) bond motifs is 3. The summed E-state index contributed by atoms with van der Waals surface area (Å²) in [6, 6.07) is 7.58. The molecule has 68 valence electrons.